The number of aliphatic hydroxyl groups is 1. The van der Waals surface area contributed by atoms with E-state index >= 15 is 0 Å². The number of nitrogens with one attached hydrogen (secondary N) is 4. The summed E-state index contributed by atoms with van der Waals surface area (Å²) in [6.45, 7) is 7.19. The summed E-state index contributed by atoms with van der Waals surface area (Å²) in [7, 11) is 0. The second-order valence-electron chi connectivity index (χ2n) is 10.1. The normalized spacial score (nSPS) is 12.4. The van der Waals surface area contributed by atoms with Gasteiger partial charge in [0.15, 0.2) is 0 Å². The summed E-state index contributed by atoms with van der Waals surface area (Å²) >= 11 is 0. The number of benzene rings is 1. The van der Waals surface area contributed by atoms with Gasteiger partial charge >= 0.3 is 6.03 Å². The predicted octanol–water partition coefficient (Wildman–Crippen LogP) is -0.393. The van der Waals surface area contributed by atoms with E-state index in [9.17, 15) is 24.3 Å². The number of rotatable bonds is 25. The van der Waals surface area contributed by atoms with Gasteiger partial charge in [0.25, 0.3) is 0 Å². The molecule has 9 N–H and O–H groups in total. The topological polar surface area (TPSA) is 226 Å². The van der Waals surface area contributed by atoms with E-state index in [4.69, 9.17) is 30.4 Å². The molecule has 5 amide bonds. The fourth-order valence-corrected chi connectivity index (χ4v) is 3.76. The molecule has 0 aromatic heterocycles. The van der Waals surface area contributed by atoms with Crippen LogP contribution in [0.15, 0.2) is 24.3 Å². The van der Waals surface area contributed by atoms with Crippen molar-refractivity contribution < 1.29 is 43.2 Å². The van der Waals surface area contributed by atoms with Crippen LogP contribution in [0.4, 0.5) is 10.5 Å². The molecule has 0 aliphatic carbocycles. The zero-order chi connectivity index (χ0) is 32.6. The van der Waals surface area contributed by atoms with Crippen molar-refractivity contribution in [2.75, 3.05) is 71.3 Å². The number of aliphatic hydroxyl groups excluding tert-OH is 1. The first-order chi connectivity index (χ1) is 21.2. The molecule has 0 aliphatic heterocycles. The molecule has 0 radical (unpaired) electrons. The van der Waals surface area contributed by atoms with Crippen LogP contribution >= 0.6 is 0 Å². The highest BCUT2D eigenvalue weighted by Gasteiger charge is 2.28. The lowest BCUT2D eigenvalue weighted by Gasteiger charge is -2.25. The minimum atomic E-state index is -0.953. The van der Waals surface area contributed by atoms with Crippen LogP contribution in [0.1, 0.15) is 38.7 Å². The largest absolute Gasteiger partial charge is 0.392 e. The maximum atomic E-state index is 13.2. The van der Waals surface area contributed by atoms with E-state index in [2.05, 4.69) is 21.3 Å². The third-order valence-corrected chi connectivity index (χ3v) is 6.12. The van der Waals surface area contributed by atoms with Crippen molar-refractivity contribution in [1.29, 1.82) is 0 Å². The van der Waals surface area contributed by atoms with Crippen molar-refractivity contribution in [3.63, 3.8) is 0 Å². The van der Waals surface area contributed by atoms with Gasteiger partial charge in [-0.1, -0.05) is 26.0 Å². The number of anilines is 1. The summed E-state index contributed by atoms with van der Waals surface area (Å²) in [5.41, 5.74) is 11.6. The molecule has 0 bridgehead atoms. The minimum Gasteiger partial charge on any atom is -0.392 e. The van der Waals surface area contributed by atoms with E-state index in [-0.39, 0.29) is 44.4 Å². The van der Waals surface area contributed by atoms with Crippen molar-refractivity contribution in [3.05, 3.63) is 29.8 Å². The lowest BCUT2D eigenvalue weighted by molar-refractivity contribution is -0.132. The number of hydrogen-bond acceptors (Lipinski definition) is 10. The maximum Gasteiger partial charge on any atom is 0.312 e. The number of nitrogens with two attached hydrogens (primary N) is 2. The average Bonchev–Trinajstić information content (AvgIpc) is 2.99. The molecule has 15 nitrogen and oxygen atoms in total. The standard InChI is InChI=1S/C29H50N6O9/c1-21(2)26(35-25(37)9-12-41-14-16-43-18-19-44-17-15-42-13-10-30)28(39)34-24(4-3-11-32-29(31)40)27(38)33-23-7-5-22(20-36)6-8-23/h5-8,21,24,26,36H,3-4,9-20,30H2,1-2H3,(H,33,38)(H,34,39)(H,35,37)(H3,31,32,40)/t24-,26-/m0/s1. The Balaban J connectivity index is 2.51. The van der Waals surface area contributed by atoms with Gasteiger partial charge in [-0.15, -0.1) is 0 Å². The highest BCUT2D eigenvalue weighted by molar-refractivity contribution is 5.98. The third-order valence-electron chi connectivity index (χ3n) is 6.12. The fourth-order valence-electron chi connectivity index (χ4n) is 3.76. The second-order valence-corrected chi connectivity index (χ2v) is 10.1. The first kappa shape index (κ1) is 38.7. The van der Waals surface area contributed by atoms with Gasteiger partial charge in [-0.2, -0.15) is 0 Å². The first-order valence-corrected chi connectivity index (χ1v) is 14.8. The van der Waals surface area contributed by atoms with E-state index in [1.165, 1.54) is 0 Å². The van der Waals surface area contributed by atoms with Gasteiger partial charge in [0.1, 0.15) is 12.1 Å². The van der Waals surface area contributed by atoms with Crippen LogP contribution in [0.3, 0.4) is 0 Å². The predicted molar refractivity (Wildman–Crippen MR) is 163 cm³/mol. The van der Waals surface area contributed by atoms with Crippen molar-refractivity contribution in [2.24, 2.45) is 17.4 Å². The quantitative estimate of drug-likeness (QED) is 0.0696. The number of carbonyl (C=O) groups excluding carboxylic acids is 4. The van der Waals surface area contributed by atoms with Crippen LogP contribution in [-0.2, 0) is 39.9 Å². The maximum absolute atomic E-state index is 13.2. The summed E-state index contributed by atoms with van der Waals surface area (Å²) in [5, 5.41) is 19.9. The van der Waals surface area contributed by atoms with Gasteiger partial charge < -0.3 is 56.8 Å². The molecule has 0 fully saturated rings. The molecular formula is C29H50N6O9. The van der Waals surface area contributed by atoms with Gasteiger partial charge in [0.2, 0.25) is 17.7 Å². The van der Waals surface area contributed by atoms with Crippen molar-refractivity contribution in [3.8, 4) is 0 Å². The van der Waals surface area contributed by atoms with Crippen LogP contribution in [0.5, 0.6) is 0 Å². The Morgan fingerprint density at radius 1 is 0.818 bits per heavy atom. The highest BCUT2D eigenvalue weighted by Crippen LogP contribution is 2.12. The molecule has 250 valence electrons. The van der Waals surface area contributed by atoms with Gasteiger partial charge in [-0.3, -0.25) is 14.4 Å². The Morgan fingerprint density at radius 2 is 1.39 bits per heavy atom. The number of hydrogen-bond donors (Lipinski definition) is 7. The zero-order valence-corrected chi connectivity index (χ0v) is 25.8. The van der Waals surface area contributed by atoms with E-state index in [1.807, 2.05) is 0 Å². The molecule has 0 heterocycles. The molecule has 0 spiro atoms. The number of ether oxygens (including phenoxy) is 4. The molecule has 1 aromatic rings. The lowest BCUT2D eigenvalue weighted by atomic mass is 10.0. The number of carbonyl (C=O) groups is 4. The summed E-state index contributed by atoms with van der Waals surface area (Å²) in [6, 6.07) is 4.07. The Bertz CT molecular complexity index is 965. The smallest absolute Gasteiger partial charge is 0.312 e. The molecule has 1 aromatic carbocycles. The summed E-state index contributed by atoms with van der Waals surface area (Å²) < 4.78 is 21.4. The van der Waals surface area contributed by atoms with Gasteiger partial charge in [0.05, 0.1) is 59.5 Å². The first-order valence-electron chi connectivity index (χ1n) is 14.8. The monoisotopic (exact) mass is 626 g/mol. The molecule has 2 atom stereocenters. The van der Waals surface area contributed by atoms with Gasteiger partial charge in [-0.05, 0) is 36.5 Å². The van der Waals surface area contributed by atoms with Gasteiger partial charge in [0, 0.05) is 25.2 Å². The molecule has 44 heavy (non-hydrogen) atoms. The van der Waals surface area contributed by atoms with Crippen LogP contribution in [-0.4, -0.2) is 107 Å². The highest BCUT2D eigenvalue weighted by atomic mass is 16.6. The summed E-state index contributed by atoms with van der Waals surface area (Å²) in [4.78, 5) is 49.9. The fraction of sp³-hybridized carbons (Fsp3) is 0.655. The van der Waals surface area contributed by atoms with Crippen LogP contribution in [0.2, 0.25) is 0 Å². The molecule has 0 saturated heterocycles. The van der Waals surface area contributed by atoms with Crippen LogP contribution < -0.4 is 32.7 Å². The number of urea groups is 1. The molecular weight excluding hydrogens is 576 g/mol. The summed E-state index contributed by atoms with van der Waals surface area (Å²) in [6.07, 6.45) is 0.604. The van der Waals surface area contributed by atoms with Crippen molar-refractivity contribution in [2.45, 2.75) is 51.8 Å². The summed E-state index contributed by atoms with van der Waals surface area (Å²) in [5.74, 6) is -1.63. The number of amides is 5. The molecule has 15 heteroatoms. The van der Waals surface area contributed by atoms with E-state index in [0.717, 1.165) is 0 Å². The second kappa shape index (κ2) is 24.0. The van der Waals surface area contributed by atoms with Gasteiger partial charge in [-0.25, -0.2) is 4.79 Å². The molecule has 0 saturated carbocycles. The molecule has 0 unspecified atom stereocenters. The Hall–Kier alpha value is -3.34. The van der Waals surface area contributed by atoms with Crippen molar-refractivity contribution in [1.82, 2.24) is 16.0 Å². The van der Waals surface area contributed by atoms with Crippen LogP contribution in [0.25, 0.3) is 0 Å². The number of primary amides is 1. The average molecular weight is 627 g/mol. The molecule has 0 aliphatic rings. The lowest BCUT2D eigenvalue weighted by Crippen LogP contribution is -2.54. The third kappa shape index (κ3) is 18.4. The zero-order valence-electron chi connectivity index (χ0n) is 25.8. The molecule has 1 rings (SSSR count). The van der Waals surface area contributed by atoms with E-state index in [1.54, 1.807) is 38.1 Å². The van der Waals surface area contributed by atoms with E-state index in [0.29, 0.717) is 70.5 Å². The SMILES string of the molecule is CC(C)[C@H](NC(=O)CCOCCOCCOCCOCCN)C(=O)N[C@@H](CCCNC(N)=O)C(=O)Nc1ccc(CO)cc1. The van der Waals surface area contributed by atoms with Crippen LogP contribution in [0, 0.1) is 5.92 Å². The Morgan fingerprint density at radius 3 is 1.91 bits per heavy atom. The Kier molecular flexibility index (Phi) is 21.1. The van der Waals surface area contributed by atoms with Crippen molar-refractivity contribution >= 4 is 29.4 Å². The Labute approximate surface area is 259 Å². The minimum absolute atomic E-state index is 0.0367. The van der Waals surface area contributed by atoms with E-state index < -0.39 is 29.9 Å².